The second-order valence-corrected chi connectivity index (χ2v) is 8.49. The minimum absolute atomic E-state index is 0.0122. The fourth-order valence-corrected chi connectivity index (χ4v) is 5.26. The molecule has 0 aliphatic carbocycles. The lowest BCUT2D eigenvalue weighted by Crippen LogP contribution is -2.42. The van der Waals surface area contributed by atoms with E-state index in [0.29, 0.717) is 22.8 Å². The van der Waals surface area contributed by atoms with Crippen LogP contribution in [0.15, 0.2) is 38.9 Å². The molecule has 2 saturated heterocycles. The number of fused-ring (bicyclic) bond motifs is 2. The number of amides is 1. The van der Waals surface area contributed by atoms with Gasteiger partial charge < -0.3 is 10.6 Å². The van der Waals surface area contributed by atoms with E-state index in [2.05, 4.69) is 15.6 Å². The van der Waals surface area contributed by atoms with Crippen LogP contribution in [0.2, 0.25) is 5.15 Å². The Hall–Kier alpha value is -1.08. The second-order valence-electron chi connectivity index (χ2n) is 5.93. The summed E-state index contributed by atoms with van der Waals surface area (Å²) in [6.07, 6.45) is 3.46. The van der Waals surface area contributed by atoms with Gasteiger partial charge in [-0.3, -0.25) is 4.79 Å². The van der Waals surface area contributed by atoms with E-state index >= 15 is 0 Å². The maximum Gasteiger partial charge on any atom is 0.251 e. The SMILES string of the molecule is O=C(NC1CC2CCC1N2)c1ccc(Sc2nc(Cl)cs2)cc1. The van der Waals surface area contributed by atoms with E-state index in [1.165, 1.54) is 24.2 Å². The van der Waals surface area contributed by atoms with E-state index in [1.807, 2.05) is 29.6 Å². The summed E-state index contributed by atoms with van der Waals surface area (Å²) in [7, 11) is 0. The number of nitrogens with one attached hydrogen (secondary N) is 2. The van der Waals surface area contributed by atoms with Crippen molar-refractivity contribution >= 4 is 40.6 Å². The third-order valence-corrected chi connectivity index (χ3v) is 6.66. The van der Waals surface area contributed by atoms with Gasteiger partial charge in [0.25, 0.3) is 5.91 Å². The van der Waals surface area contributed by atoms with Gasteiger partial charge in [0.15, 0.2) is 4.34 Å². The summed E-state index contributed by atoms with van der Waals surface area (Å²) in [5.74, 6) is 0.0122. The van der Waals surface area contributed by atoms with Crippen LogP contribution in [0.1, 0.15) is 29.6 Å². The zero-order valence-corrected chi connectivity index (χ0v) is 14.7. The topological polar surface area (TPSA) is 54.0 Å². The van der Waals surface area contributed by atoms with Crippen molar-refractivity contribution in [1.29, 1.82) is 0 Å². The molecule has 7 heteroatoms. The number of aromatic nitrogens is 1. The first-order chi connectivity index (χ1) is 11.2. The fraction of sp³-hybridized carbons (Fsp3) is 0.375. The summed E-state index contributed by atoms with van der Waals surface area (Å²) in [4.78, 5) is 17.6. The van der Waals surface area contributed by atoms with Gasteiger partial charge in [-0.05, 0) is 43.5 Å². The molecule has 23 heavy (non-hydrogen) atoms. The number of carbonyl (C=O) groups is 1. The maximum atomic E-state index is 12.4. The van der Waals surface area contributed by atoms with E-state index in [9.17, 15) is 4.79 Å². The molecule has 3 heterocycles. The molecular weight excluding hydrogens is 350 g/mol. The van der Waals surface area contributed by atoms with E-state index in [4.69, 9.17) is 11.6 Å². The van der Waals surface area contributed by atoms with Crippen LogP contribution in [0.5, 0.6) is 0 Å². The lowest BCUT2D eigenvalue weighted by Gasteiger charge is -2.21. The molecule has 4 rings (SSSR count). The Morgan fingerprint density at radius 3 is 2.78 bits per heavy atom. The monoisotopic (exact) mass is 365 g/mol. The van der Waals surface area contributed by atoms with Crippen LogP contribution >= 0.6 is 34.7 Å². The van der Waals surface area contributed by atoms with Crippen LogP contribution in [0.3, 0.4) is 0 Å². The van der Waals surface area contributed by atoms with Crippen molar-refractivity contribution in [3.05, 3.63) is 40.4 Å². The third-order valence-electron chi connectivity index (χ3n) is 4.39. The zero-order chi connectivity index (χ0) is 15.8. The van der Waals surface area contributed by atoms with Crippen LogP contribution in [0, 0.1) is 0 Å². The Balaban J connectivity index is 1.38. The number of hydrogen-bond donors (Lipinski definition) is 2. The largest absolute Gasteiger partial charge is 0.348 e. The maximum absolute atomic E-state index is 12.4. The highest BCUT2D eigenvalue weighted by molar-refractivity contribution is 8.01. The van der Waals surface area contributed by atoms with Crippen LogP contribution in [-0.2, 0) is 0 Å². The molecule has 3 atom stereocenters. The van der Waals surface area contributed by atoms with E-state index in [-0.39, 0.29) is 11.9 Å². The molecule has 120 valence electrons. The molecule has 2 aliphatic heterocycles. The third kappa shape index (κ3) is 3.40. The number of benzene rings is 1. The molecule has 1 amide bonds. The number of thiazole rings is 1. The molecule has 1 aromatic carbocycles. The fourth-order valence-electron chi connectivity index (χ4n) is 3.30. The molecule has 1 aromatic heterocycles. The van der Waals surface area contributed by atoms with Crippen molar-refractivity contribution in [2.75, 3.05) is 0 Å². The first-order valence-corrected chi connectivity index (χ1v) is 9.70. The average Bonchev–Trinajstić information content (AvgIpc) is 3.25. The van der Waals surface area contributed by atoms with Crippen molar-refractivity contribution < 1.29 is 4.79 Å². The minimum Gasteiger partial charge on any atom is -0.348 e. The highest BCUT2D eigenvalue weighted by Crippen LogP contribution is 2.32. The summed E-state index contributed by atoms with van der Waals surface area (Å²) < 4.78 is 0.903. The van der Waals surface area contributed by atoms with Gasteiger partial charge in [0.1, 0.15) is 5.15 Å². The number of hydrogen-bond acceptors (Lipinski definition) is 5. The summed E-state index contributed by atoms with van der Waals surface area (Å²) in [6.45, 7) is 0. The molecule has 3 unspecified atom stereocenters. The average molecular weight is 366 g/mol. The molecule has 2 fully saturated rings. The van der Waals surface area contributed by atoms with E-state index in [1.54, 1.807) is 11.8 Å². The molecule has 0 radical (unpaired) electrons. The molecule has 2 N–H and O–H groups in total. The summed E-state index contributed by atoms with van der Waals surface area (Å²) in [6, 6.07) is 8.96. The summed E-state index contributed by atoms with van der Waals surface area (Å²) >= 11 is 8.90. The van der Waals surface area contributed by atoms with Crippen LogP contribution in [0.4, 0.5) is 0 Å². The predicted molar refractivity (Wildman–Crippen MR) is 93.5 cm³/mol. The van der Waals surface area contributed by atoms with Crippen molar-refractivity contribution in [1.82, 2.24) is 15.6 Å². The van der Waals surface area contributed by atoms with Crippen LogP contribution in [-0.4, -0.2) is 29.0 Å². The van der Waals surface area contributed by atoms with Crippen molar-refractivity contribution in [3.63, 3.8) is 0 Å². The van der Waals surface area contributed by atoms with Gasteiger partial charge in [0.05, 0.1) is 0 Å². The number of rotatable bonds is 4. The number of nitrogens with zero attached hydrogens (tertiary/aromatic N) is 1. The Kier molecular flexibility index (Phi) is 4.32. The first-order valence-electron chi connectivity index (χ1n) is 7.63. The summed E-state index contributed by atoms with van der Waals surface area (Å²) in [5, 5.41) is 9.04. The van der Waals surface area contributed by atoms with E-state index in [0.717, 1.165) is 15.7 Å². The molecule has 2 aliphatic rings. The highest BCUT2D eigenvalue weighted by Gasteiger charge is 2.39. The first kappa shape index (κ1) is 15.4. The van der Waals surface area contributed by atoms with Gasteiger partial charge in [-0.15, -0.1) is 11.3 Å². The molecule has 4 nitrogen and oxygen atoms in total. The van der Waals surface area contributed by atoms with Crippen LogP contribution in [0.25, 0.3) is 0 Å². The minimum atomic E-state index is 0.0122. The molecular formula is C16H16ClN3OS2. The van der Waals surface area contributed by atoms with Crippen molar-refractivity contribution in [2.45, 2.75) is 46.6 Å². The van der Waals surface area contributed by atoms with E-state index < -0.39 is 0 Å². The van der Waals surface area contributed by atoms with Gasteiger partial charge in [-0.1, -0.05) is 23.4 Å². The Morgan fingerprint density at radius 1 is 1.35 bits per heavy atom. The van der Waals surface area contributed by atoms with Gasteiger partial charge >= 0.3 is 0 Å². The molecule has 2 bridgehead atoms. The quantitative estimate of drug-likeness (QED) is 0.869. The van der Waals surface area contributed by atoms with Crippen molar-refractivity contribution in [3.8, 4) is 0 Å². The molecule has 2 aromatic rings. The lowest BCUT2D eigenvalue weighted by molar-refractivity contribution is 0.0931. The van der Waals surface area contributed by atoms with Gasteiger partial charge in [0.2, 0.25) is 0 Å². The van der Waals surface area contributed by atoms with Crippen LogP contribution < -0.4 is 10.6 Å². The highest BCUT2D eigenvalue weighted by atomic mass is 35.5. The lowest BCUT2D eigenvalue weighted by atomic mass is 9.95. The molecule has 0 spiro atoms. The zero-order valence-electron chi connectivity index (χ0n) is 12.3. The van der Waals surface area contributed by atoms with Gasteiger partial charge in [-0.2, -0.15) is 0 Å². The normalized spacial score (nSPS) is 25.7. The Bertz CT molecular complexity index is 718. The standard InChI is InChI=1S/C16H16ClN3OS2/c17-14-8-22-16(20-14)23-11-4-1-9(2-5-11)15(21)19-13-7-10-3-6-12(13)18-10/h1-2,4-5,8,10,12-13,18H,3,6-7H2,(H,19,21). The Labute approximate surface area is 148 Å². The van der Waals surface area contributed by atoms with Gasteiger partial charge in [0, 0.05) is 34.0 Å². The second kappa shape index (κ2) is 6.43. The number of halogens is 1. The predicted octanol–water partition coefficient (Wildman–Crippen LogP) is 3.57. The summed E-state index contributed by atoms with van der Waals surface area (Å²) in [5.41, 5.74) is 0.703. The van der Waals surface area contributed by atoms with Gasteiger partial charge in [-0.25, -0.2) is 4.98 Å². The molecule has 0 saturated carbocycles. The Morgan fingerprint density at radius 2 is 2.17 bits per heavy atom. The van der Waals surface area contributed by atoms with Crippen molar-refractivity contribution in [2.24, 2.45) is 0 Å². The number of carbonyl (C=O) groups excluding carboxylic acids is 1. The smallest absolute Gasteiger partial charge is 0.251 e.